The monoisotopic (exact) mass is 342 g/mol. The van der Waals surface area contributed by atoms with Crippen molar-refractivity contribution < 1.29 is 9.63 Å². The molecule has 1 saturated heterocycles. The van der Waals surface area contributed by atoms with Crippen LogP contribution in [0.4, 0.5) is 0 Å². The highest BCUT2D eigenvalue weighted by Crippen LogP contribution is 2.28. The van der Waals surface area contributed by atoms with Crippen molar-refractivity contribution in [2.24, 2.45) is 0 Å². The first-order chi connectivity index (χ1) is 11.7. The van der Waals surface area contributed by atoms with Crippen molar-refractivity contribution in [3.05, 3.63) is 65.5 Å². The largest absolute Gasteiger partial charge is 0.364 e. The normalized spacial score (nSPS) is 18.1. The molecule has 3 aromatic rings. The van der Waals surface area contributed by atoms with Crippen LogP contribution in [0.25, 0.3) is 5.52 Å². The van der Waals surface area contributed by atoms with Gasteiger partial charge in [-0.05, 0) is 18.6 Å². The summed E-state index contributed by atoms with van der Waals surface area (Å²) in [6.07, 6.45) is 6.09. The zero-order chi connectivity index (χ0) is 16.5. The predicted octanol–water partition coefficient (Wildman–Crippen LogP) is 2.94. The van der Waals surface area contributed by atoms with E-state index in [1.165, 1.54) is 0 Å². The zero-order valence-corrected chi connectivity index (χ0v) is 13.6. The van der Waals surface area contributed by atoms with Crippen LogP contribution >= 0.6 is 11.6 Å². The number of aromatic nitrogens is 3. The van der Waals surface area contributed by atoms with Crippen molar-refractivity contribution in [3.8, 4) is 0 Å². The van der Waals surface area contributed by atoms with E-state index in [-0.39, 0.29) is 11.9 Å². The fourth-order valence-electron chi connectivity index (χ4n) is 2.98. The SMILES string of the molecule is O=C(ON1CC[C@H](c2ncc3c(Cl)nccn23)C1)c1ccccc1. The van der Waals surface area contributed by atoms with E-state index in [0.717, 1.165) is 17.8 Å². The molecule has 0 bridgehead atoms. The van der Waals surface area contributed by atoms with Crippen molar-refractivity contribution in [1.82, 2.24) is 19.4 Å². The molecule has 1 aliphatic rings. The molecule has 24 heavy (non-hydrogen) atoms. The summed E-state index contributed by atoms with van der Waals surface area (Å²) in [5.41, 5.74) is 1.33. The number of hydroxylamine groups is 2. The molecule has 3 heterocycles. The number of fused-ring (bicyclic) bond motifs is 1. The molecule has 0 N–H and O–H groups in total. The second-order valence-corrected chi connectivity index (χ2v) is 6.07. The molecule has 1 atom stereocenters. The van der Waals surface area contributed by atoms with Crippen LogP contribution in [0, 0.1) is 0 Å². The summed E-state index contributed by atoms with van der Waals surface area (Å²) in [4.78, 5) is 26.2. The number of rotatable bonds is 3. The van der Waals surface area contributed by atoms with Crippen LogP contribution in [-0.4, -0.2) is 38.5 Å². The average Bonchev–Trinajstić information content (AvgIpc) is 3.23. The quantitative estimate of drug-likeness (QED) is 0.732. The fourth-order valence-corrected chi connectivity index (χ4v) is 3.18. The molecule has 2 aromatic heterocycles. The molecule has 7 heteroatoms. The molecule has 0 saturated carbocycles. The molecule has 0 spiro atoms. The Labute approximate surface area is 143 Å². The van der Waals surface area contributed by atoms with Gasteiger partial charge in [-0.15, -0.1) is 5.06 Å². The van der Waals surface area contributed by atoms with Crippen LogP contribution in [0.5, 0.6) is 0 Å². The van der Waals surface area contributed by atoms with E-state index >= 15 is 0 Å². The summed E-state index contributed by atoms with van der Waals surface area (Å²) in [6.45, 7) is 1.29. The highest BCUT2D eigenvalue weighted by molar-refractivity contribution is 6.32. The number of hydrogen-bond acceptors (Lipinski definition) is 5. The molecule has 0 aliphatic carbocycles. The van der Waals surface area contributed by atoms with Crippen LogP contribution in [-0.2, 0) is 4.84 Å². The second-order valence-electron chi connectivity index (χ2n) is 5.71. The maximum absolute atomic E-state index is 12.1. The summed E-state index contributed by atoms with van der Waals surface area (Å²) < 4.78 is 1.95. The standard InChI is InChI=1S/C17H15ClN4O2/c18-15-14-10-20-16(22(14)9-7-19-15)13-6-8-21(11-13)24-17(23)12-4-2-1-3-5-12/h1-5,7,9-10,13H,6,8,11H2/t13-/m0/s1. The Balaban J connectivity index is 1.48. The number of nitrogens with zero attached hydrogens (tertiary/aromatic N) is 4. The minimum Gasteiger partial charge on any atom is -0.364 e. The summed E-state index contributed by atoms with van der Waals surface area (Å²) in [5.74, 6) is 0.749. The molecular formula is C17H15ClN4O2. The Morgan fingerprint density at radius 1 is 1.25 bits per heavy atom. The third-order valence-corrected chi connectivity index (χ3v) is 4.47. The minimum absolute atomic E-state index is 0.176. The van der Waals surface area contributed by atoms with Gasteiger partial charge in [0.1, 0.15) is 11.3 Å². The number of hydrogen-bond donors (Lipinski definition) is 0. The molecule has 6 nitrogen and oxygen atoms in total. The lowest BCUT2D eigenvalue weighted by molar-refractivity contribution is -0.0938. The number of halogens is 1. The van der Waals surface area contributed by atoms with Crippen LogP contribution < -0.4 is 0 Å². The molecular weight excluding hydrogens is 328 g/mol. The molecule has 0 amide bonds. The van der Waals surface area contributed by atoms with Gasteiger partial charge in [0.2, 0.25) is 0 Å². The number of benzene rings is 1. The first kappa shape index (κ1) is 15.1. The van der Waals surface area contributed by atoms with Crippen molar-refractivity contribution in [2.75, 3.05) is 13.1 Å². The molecule has 122 valence electrons. The van der Waals surface area contributed by atoms with Crippen molar-refractivity contribution in [3.63, 3.8) is 0 Å². The third-order valence-electron chi connectivity index (χ3n) is 4.18. The summed E-state index contributed by atoms with van der Waals surface area (Å²) in [6, 6.07) is 8.99. The maximum atomic E-state index is 12.1. The number of imidazole rings is 1. The Bertz CT molecular complexity index is 881. The van der Waals surface area contributed by atoms with Gasteiger partial charge in [-0.25, -0.2) is 14.8 Å². The lowest BCUT2D eigenvalue weighted by Gasteiger charge is -2.15. The van der Waals surface area contributed by atoms with Crippen molar-refractivity contribution in [1.29, 1.82) is 0 Å². The van der Waals surface area contributed by atoms with E-state index in [4.69, 9.17) is 16.4 Å². The lowest BCUT2D eigenvalue weighted by atomic mass is 10.1. The second kappa shape index (κ2) is 6.22. The van der Waals surface area contributed by atoms with Gasteiger partial charge in [0, 0.05) is 31.4 Å². The van der Waals surface area contributed by atoms with Crippen LogP contribution in [0.2, 0.25) is 5.15 Å². The van der Waals surface area contributed by atoms with Gasteiger partial charge >= 0.3 is 5.97 Å². The Morgan fingerprint density at radius 2 is 2.08 bits per heavy atom. The maximum Gasteiger partial charge on any atom is 0.357 e. The highest BCUT2D eigenvalue weighted by Gasteiger charge is 2.30. The molecule has 0 unspecified atom stereocenters. The van der Waals surface area contributed by atoms with Crippen LogP contribution in [0.1, 0.15) is 28.5 Å². The fraction of sp³-hybridized carbons (Fsp3) is 0.235. The van der Waals surface area contributed by atoms with Gasteiger partial charge in [-0.3, -0.25) is 4.40 Å². The molecule has 1 aliphatic heterocycles. The minimum atomic E-state index is -0.337. The Hall–Kier alpha value is -2.44. The van der Waals surface area contributed by atoms with Gasteiger partial charge in [-0.1, -0.05) is 29.8 Å². The van der Waals surface area contributed by atoms with Crippen molar-refractivity contribution >= 4 is 23.1 Å². The average molecular weight is 343 g/mol. The van der Waals surface area contributed by atoms with Gasteiger partial charge in [0.15, 0.2) is 5.15 Å². The summed E-state index contributed by atoms with van der Waals surface area (Å²) >= 11 is 6.09. The van der Waals surface area contributed by atoms with Gasteiger partial charge in [0.05, 0.1) is 11.8 Å². The lowest BCUT2D eigenvalue weighted by Crippen LogP contribution is -2.25. The molecule has 1 fully saturated rings. The van der Waals surface area contributed by atoms with Crippen molar-refractivity contribution in [2.45, 2.75) is 12.3 Å². The van der Waals surface area contributed by atoms with Gasteiger partial charge in [-0.2, -0.15) is 0 Å². The number of carbonyl (C=O) groups is 1. The first-order valence-electron chi connectivity index (χ1n) is 7.72. The summed E-state index contributed by atoms with van der Waals surface area (Å²) in [7, 11) is 0. The third kappa shape index (κ3) is 2.74. The Morgan fingerprint density at radius 3 is 2.92 bits per heavy atom. The molecule has 0 radical (unpaired) electrons. The highest BCUT2D eigenvalue weighted by atomic mass is 35.5. The topological polar surface area (TPSA) is 59.7 Å². The van der Waals surface area contributed by atoms with Gasteiger partial charge in [0.25, 0.3) is 0 Å². The number of carbonyl (C=O) groups excluding carboxylic acids is 1. The Kier molecular flexibility index (Phi) is 3.92. The van der Waals surface area contributed by atoms with Gasteiger partial charge < -0.3 is 4.84 Å². The molecule has 1 aromatic carbocycles. The van der Waals surface area contributed by atoms with E-state index in [1.54, 1.807) is 29.6 Å². The van der Waals surface area contributed by atoms with E-state index in [2.05, 4.69) is 9.97 Å². The van der Waals surface area contributed by atoms with E-state index < -0.39 is 0 Å². The van der Waals surface area contributed by atoms with E-state index in [0.29, 0.717) is 23.8 Å². The van der Waals surface area contributed by atoms with E-state index in [1.807, 2.05) is 28.8 Å². The molecule has 4 rings (SSSR count). The van der Waals surface area contributed by atoms with E-state index in [9.17, 15) is 4.79 Å². The predicted molar refractivity (Wildman–Crippen MR) is 88.8 cm³/mol. The summed E-state index contributed by atoms with van der Waals surface area (Å²) in [5, 5.41) is 2.13. The first-order valence-corrected chi connectivity index (χ1v) is 8.10. The van der Waals surface area contributed by atoms with Crippen LogP contribution in [0.15, 0.2) is 48.9 Å². The smallest absolute Gasteiger partial charge is 0.357 e. The van der Waals surface area contributed by atoms with Crippen LogP contribution in [0.3, 0.4) is 0 Å². The zero-order valence-electron chi connectivity index (χ0n) is 12.8.